The number of carbonyl (C=O) groups excluding carboxylic acids is 1. The van der Waals surface area contributed by atoms with Gasteiger partial charge in [0.15, 0.2) is 11.0 Å². The molecule has 13 heteroatoms. The number of aromatic nitrogens is 2. The lowest BCUT2D eigenvalue weighted by molar-refractivity contribution is -0.167. The number of nitrogens with one attached hydrogen (secondary N) is 3. The Morgan fingerprint density at radius 2 is 1.92 bits per heavy atom. The quantitative estimate of drug-likeness (QED) is 0.116. The minimum atomic E-state index is -1.13. The molecule has 3 aromatic heterocycles. The molecule has 4 aliphatic rings. The number of hydrogen-bond acceptors (Lipinski definition) is 11. The highest BCUT2D eigenvalue weighted by molar-refractivity contribution is 5.87. The molecule has 8 rings (SSSR count). The minimum Gasteiger partial charge on any atom is -0.507 e. The highest BCUT2D eigenvalue weighted by atomic mass is 16.7. The Hall–Kier alpha value is -5.56. The smallest absolute Gasteiger partial charge is 0.341 e. The summed E-state index contributed by atoms with van der Waals surface area (Å²) >= 11 is 0. The van der Waals surface area contributed by atoms with Crippen LogP contribution >= 0.6 is 0 Å². The summed E-state index contributed by atoms with van der Waals surface area (Å²) in [5.41, 5.74) is 14.0. The number of aromatic hydroxyl groups is 1. The van der Waals surface area contributed by atoms with Gasteiger partial charge in [0.1, 0.15) is 39.9 Å². The van der Waals surface area contributed by atoms with Gasteiger partial charge >= 0.3 is 5.97 Å². The largest absolute Gasteiger partial charge is 0.507 e. The molecule has 266 valence electrons. The Bertz CT molecular complexity index is 2240. The topological polar surface area (TPSA) is 195 Å². The summed E-state index contributed by atoms with van der Waals surface area (Å²) in [4.78, 5) is 29.5. The summed E-state index contributed by atoms with van der Waals surface area (Å²) < 4.78 is 26.0. The van der Waals surface area contributed by atoms with Gasteiger partial charge in [0.05, 0.1) is 35.3 Å². The van der Waals surface area contributed by atoms with E-state index in [0.717, 1.165) is 22.0 Å². The monoisotopic (exact) mass is 694 g/mol. The third-order valence-electron chi connectivity index (χ3n) is 10.3. The molecule has 1 fully saturated rings. The molecule has 0 spiro atoms. The Morgan fingerprint density at radius 3 is 2.73 bits per heavy atom. The van der Waals surface area contributed by atoms with E-state index < -0.39 is 23.3 Å². The number of nitrogens with two attached hydrogens (primary N) is 2. The van der Waals surface area contributed by atoms with E-state index in [1.807, 2.05) is 38.3 Å². The van der Waals surface area contributed by atoms with Gasteiger partial charge in [0.2, 0.25) is 0 Å². The molecule has 1 aromatic carbocycles. The first kappa shape index (κ1) is 32.6. The molecule has 1 saturated heterocycles. The van der Waals surface area contributed by atoms with Crippen LogP contribution < -0.4 is 32.3 Å². The van der Waals surface area contributed by atoms with Crippen LogP contribution in [0.15, 0.2) is 93.1 Å². The van der Waals surface area contributed by atoms with Gasteiger partial charge in [0, 0.05) is 54.6 Å². The first-order valence-electron chi connectivity index (χ1n) is 17.2. The molecule has 7 heterocycles. The van der Waals surface area contributed by atoms with Crippen molar-refractivity contribution in [1.29, 1.82) is 0 Å². The van der Waals surface area contributed by atoms with Crippen molar-refractivity contribution in [2.75, 3.05) is 0 Å². The number of ether oxygens (including phenoxy) is 3. The number of rotatable bonds is 8. The van der Waals surface area contributed by atoms with Gasteiger partial charge in [-0.2, -0.15) is 0 Å². The van der Waals surface area contributed by atoms with Crippen molar-refractivity contribution in [2.24, 2.45) is 11.5 Å². The van der Waals surface area contributed by atoms with Crippen LogP contribution in [-0.4, -0.2) is 56.1 Å². The van der Waals surface area contributed by atoms with Crippen LogP contribution in [0.1, 0.15) is 44.9 Å². The van der Waals surface area contributed by atoms with Crippen molar-refractivity contribution in [3.63, 3.8) is 0 Å². The van der Waals surface area contributed by atoms with Gasteiger partial charge < -0.3 is 55.4 Å². The van der Waals surface area contributed by atoms with E-state index in [2.05, 4.69) is 44.7 Å². The number of phenols is 1. The molecule has 0 amide bonds. The van der Waals surface area contributed by atoms with Crippen molar-refractivity contribution in [2.45, 2.75) is 89.0 Å². The molecule has 5 atom stereocenters. The van der Waals surface area contributed by atoms with E-state index in [9.17, 15) is 14.7 Å². The maximum atomic E-state index is 13.6. The zero-order valence-electron chi connectivity index (χ0n) is 28.9. The number of H-pyrrole nitrogens is 1. The van der Waals surface area contributed by atoms with Crippen LogP contribution in [0.4, 0.5) is 0 Å². The van der Waals surface area contributed by atoms with E-state index in [1.54, 1.807) is 19.9 Å². The zero-order chi connectivity index (χ0) is 35.8. The fraction of sp³-hybridized carbons (Fsp3) is 0.368. The molecule has 5 unspecified atom stereocenters. The summed E-state index contributed by atoms with van der Waals surface area (Å²) in [5.74, 6) is 1.20. The number of hydrogen-bond donors (Lipinski definition) is 6. The highest BCUT2D eigenvalue weighted by Gasteiger charge is 2.60. The molecular formula is C38H42N6O7. The van der Waals surface area contributed by atoms with E-state index in [1.165, 1.54) is 6.07 Å². The van der Waals surface area contributed by atoms with Crippen LogP contribution in [0.5, 0.6) is 11.5 Å². The summed E-state index contributed by atoms with van der Waals surface area (Å²) in [5, 5.41) is 19.0. The van der Waals surface area contributed by atoms with Crippen molar-refractivity contribution in [3.8, 4) is 11.5 Å². The van der Waals surface area contributed by atoms with E-state index in [0.29, 0.717) is 48.1 Å². The lowest BCUT2D eigenvalue weighted by atomic mass is 9.89. The minimum absolute atomic E-state index is 0.0147. The van der Waals surface area contributed by atoms with Crippen LogP contribution in [-0.2, 0) is 27.2 Å². The third kappa shape index (κ3) is 6.01. The maximum absolute atomic E-state index is 13.6. The van der Waals surface area contributed by atoms with Crippen LogP contribution in [0.25, 0.3) is 21.9 Å². The predicted octanol–water partition coefficient (Wildman–Crippen LogP) is 3.75. The van der Waals surface area contributed by atoms with Gasteiger partial charge in [-0.05, 0) is 69.9 Å². The van der Waals surface area contributed by atoms with Crippen LogP contribution in [0.2, 0.25) is 0 Å². The summed E-state index contributed by atoms with van der Waals surface area (Å²) in [7, 11) is 0. The number of aryl methyl sites for hydroxylation is 1. The molecule has 0 saturated carbocycles. The molecule has 4 aromatic rings. The van der Waals surface area contributed by atoms with Crippen molar-refractivity contribution in [1.82, 2.24) is 20.2 Å². The lowest BCUT2D eigenvalue weighted by Crippen LogP contribution is -2.50. The normalized spacial score (nSPS) is 26.5. The molecule has 51 heavy (non-hydrogen) atoms. The number of epoxide rings is 1. The molecule has 4 aliphatic heterocycles. The first-order chi connectivity index (χ1) is 24.3. The van der Waals surface area contributed by atoms with Crippen LogP contribution in [0.3, 0.4) is 0 Å². The Labute approximate surface area is 293 Å². The van der Waals surface area contributed by atoms with Gasteiger partial charge in [0.25, 0.3) is 0 Å². The van der Waals surface area contributed by atoms with Gasteiger partial charge in [-0.3, -0.25) is 4.79 Å². The van der Waals surface area contributed by atoms with Gasteiger partial charge in [-0.1, -0.05) is 12.2 Å². The second-order valence-corrected chi connectivity index (χ2v) is 14.6. The van der Waals surface area contributed by atoms with Gasteiger partial charge in [-0.15, -0.1) is 0 Å². The lowest BCUT2D eigenvalue weighted by Gasteiger charge is -2.39. The van der Waals surface area contributed by atoms with E-state index in [4.69, 9.17) is 30.1 Å². The number of benzene rings is 1. The molecule has 8 N–H and O–H groups in total. The summed E-state index contributed by atoms with van der Waals surface area (Å²) in [6, 6.07) is 4.79. The number of dihydropyridines is 2. The molecule has 0 radical (unpaired) electrons. The van der Waals surface area contributed by atoms with Crippen molar-refractivity contribution < 1.29 is 28.5 Å². The number of nitrogens with zero attached hydrogens (tertiary/aromatic N) is 1. The van der Waals surface area contributed by atoms with E-state index >= 15 is 0 Å². The number of fused-ring (bicyclic) bond motifs is 3. The first-order valence-corrected chi connectivity index (χ1v) is 17.2. The second kappa shape index (κ2) is 11.8. The maximum Gasteiger partial charge on any atom is 0.341 e. The number of allylic oxidation sites excluding steroid dienone is 2. The number of phenolic OH excluding ortho intramolecular Hbond substituents is 1. The highest BCUT2D eigenvalue weighted by Crippen LogP contribution is 2.45. The average molecular weight is 695 g/mol. The van der Waals surface area contributed by atoms with E-state index in [-0.39, 0.29) is 46.8 Å². The predicted molar refractivity (Wildman–Crippen MR) is 191 cm³/mol. The average Bonchev–Trinajstić information content (AvgIpc) is 3.30. The summed E-state index contributed by atoms with van der Waals surface area (Å²) in [6.07, 6.45) is 14.5. The SMILES string of the molecule is Cc1cc(=O)c2c(O)c3c(cc2o1)OC(C)(C)C(OC(=O)C1(C)OC1CCC1=CC(C2=CC(Cn4cc5cc[nH]c5c4)NC(N)=C2)NC(N)=C1)C3. The zero-order valence-corrected chi connectivity index (χ0v) is 28.9. The Balaban J connectivity index is 0.920. The molecular weight excluding hydrogens is 652 g/mol. The molecule has 13 nitrogen and oxygen atoms in total. The fourth-order valence-corrected chi connectivity index (χ4v) is 7.45. The molecule has 0 bridgehead atoms. The van der Waals surface area contributed by atoms with Crippen LogP contribution in [0, 0.1) is 6.92 Å². The number of carbonyl (C=O) groups is 1. The second-order valence-electron chi connectivity index (χ2n) is 14.6. The Morgan fingerprint density at radius 1 is 1.12 bits per heavy atom. The standard InChI is InChI=1S/C38H42N6O7/c1-19-9-27(45)34-29(48-19)15-28-24(35(34)46)14-31(37(2,3)50-28)49-36(47)38(4)30(51-38)6-5-20-10-25(43-32(39)11-20)22-12-23(42-33(40)13-22)17-44-16-21-7-8-41-26(21)18-44/h7-13,15-16,18,23,25,30-31,41-43,46H,5-6,14,17,39-40H2,1-4H3. The number of esters is 1. The van der Waals surface area contributed by atoms with Crippen molar-refractivity contribution >= 4 is 27.8 Å². The van der Waals surface area contributed by atoms with Crippen molar-refractivity contribution in [3.05, 3.63) is 105 Å². The van der Waals surface area contributed by atoms with Gasteiger partial charge in [-0.25, -0.2) is 4.79 Å². The summed E-state index contributed by atoms with van der Waals surface area (Å²) in [6.45, 7) is 7.73. The fourth-order valence-electron chi connectivity index (χ4n) is 7.45. The third-order valence-corrected chi connectivity index (χ3v) is 10.3. The molecule has 0 aliphatic carbocycles. The Kier molecular flexibility index (Phi) is 7.53. The number of aromatic amines is 1.